The lowest BCUT2D eigenvalue weighted by Crippen LogP contribution is -2.45. The number of hydrogen-bond acceptors (Lipinski definition) is 3. The van der Waals surface area contributed by atoms with Crippen molar-refractivity contribution in [2.24, 2.45) is 11.1 Å². The molecule has 4 heteroatoms. The van der Waals surface area contributed by atoms with Crippen LogP contribution in [0.15, 0.2) is 16.5 Å². The van der Waals surface area contributed by atoms with Crippen molar-refractivity contribution in [1.82, 2.24) is 5.32 Å². The summed E-state index contributed by atoms with van der Waals surface area (Å²) >= 11 is 0. The van der Waals surface area contributed by atoms with Crippen molar-refractivity contribution in [2.45, 2.75) is 53.1 Å². The number of nitrogens with two attached hydrogens (primary N) is 1. The molecule has 1 aromatic heterocycles. The molecule has 0 unspecified atom stereocenters. The molecule has 0 spiro atoms. The van der Waals surface area contributed by atoms with E-state index in [1.165, 1.54) is 0 Å². The molecule has 4 nitrogen and oxygen atoms in total. The Bertz CT molecular complexity index is 414. The third-order valence-corrected chi connectivity index (χ3v) is 2.51. The lowest BCUT2D eigenvalue weighted by molar-refractivity contribution is 0.0861. The van der Waals surface area contributed by atoms with E-state index >= 15 is 0 Å². The van der Waals surface area contributed by atoms with Crippen LogP contribution in [-0.2, 0) is 6.54 Å². The zero-order chi connectivity index (χ0) is 14.0. The van der Waals surface area contributed by atoms with E-state index in [1.807, 2.05) is 13.8 Å². The molecule has 0 aliphatic rings. The van der Waals surface area contributed by atoms with Gasteiger partial charge in [-0.25, -0.2) is 0 Å². The summed E-state index contributed by atoms with van der Waals surface area (Å²) in [7, 11) is 0. The van der Waals surface area contributed by atoms with Crippen LogP contribution in [-0.4, -0.2) is 11.4 Å². The maximum Gasteiger partial charge on any atom is 0.287 e. The molecule has 1 aromatic rings. The van der Waals surface area contributed by atoms with Gasteiger partial charge in [-0.15, -0.1) is 0 Å². The first-order valence-electron chi connectivity index (χ1n) is 6.24. The fourth-order valence-electron chi connectivity index (χ4n) is 2.35. The highest BCUT2D eigenvalue weighted by Crippen LogP contribution is 2.27. The molecule has 0 saturated heterocycles. The molecule has 0 saturated carbocycles. The van der Waals surface area contributed by atoms with Gasteiger partial charge in [0, 0.05) is 5.54 Å². The zero-order valence-electron chi connectivity index (χ0n) is 12.0. The molecular weight excluding hydrogens is 228 g/mol. The highest BCUT2D eigenvalue weighted by molar-refractivity contribution is 5.91. The Morgan fingerprint density at radius 1 is 1.28 bits per heavy atom. The monoisotopic (exact) mass is 252 g/mol. The molecule has 18 heavy (non-hydrogen) atoms. The van der Waals surface area contributed by atoms with Gasteiger partial charge in [0.05, 0.1) is 6.54 Å². The fourth-order valence-corrected chi connectivity index (χ4v) is 2.35. The molecule has 0 aliphatic heterocycles. The van der Waals surface area contributed by atoms with Crippen LogP contribution in [0, 0.1) is 5.41 Å². The van der Waals surface area contributed by atoms with E-state index in [9.17, 15) is 4.79 Å². The second-order valence-electron chi connectivity index (χ2n) is 6.55. The molecule has 1 rings (SSSR count). The predicted octanol–water partition coefficient (Wildman–Crippen LogP) is 2.68. The third-order valence-electron chi connectivity index (χ3n) is 2.51. The van der Waals surface area contributed by atoms with Gasteiger partial charge in [0.15, 0.2) is 5.76 Å². The normalized spacial score (nSPS) is 12.6. The molecule has 0 aromatic carbocycles. The molecule has 0 aliphatic carbocycles. The highest BCUT2D eigenvalue weighted by Gasteiger charge is 2.28. The van der Waals surface area contributed by atoms with Gasteiger partial charge in [-0.1, -0.05) is 20.8 Å². The molecular formula is C14H24N2O2. The summed E-state index contributed by atoms with van der Waals surface area (Å²) in [6.45, 7) is 10.8. The Hall–Kier alpha value is -1.29. The Balaban J connectivity index is 2.69. The second-order valence-corrected chi connectivity index (χ2v) is 6.55. The lowest BCUT2D eigenvalue weighted by atomic mass is 9.82. The number of nitrogens with one attached hydrogen (secondary N) is 1. The van der Waals surface area contributed by atoms with Crippen molar-refractivity contribution in [3.63, 3.8) is 0 Å². The molecule has 0 atom stereocenters. The van der Waals surface area contributed by atoms with E-state index in [1.54, 1.807) is 12.1 Å². The first-order valence-corrected chi connectivity index (χ1v) is 6.24. The average molecular weight is 252 g/mol. The van der Waals surface area contributed by atoms with Gasteiger partial charge in [-0.05, 0) is 37.8 Å². The third kappa shape index (κ3) is 4.53. The van der Waals surface area contributed by atoms with Gasteiger partial charge in [0.25, 0.3) is 5.91 Å². The van der Waals surface area contributed by atoms with Crippen molar-refractivity contribution < 1.29 is 9.21 Å². The second kappa shape index (κ2) is 5.14. The van der Waals surface area contributed by atoms with Crippen LogP contribution in [0.4, 0.5) is 0 Å². The quantitative estimate of drug-likeness (QED) is 0.865. The molecule has 0 fully saturated rings. The SMILES string of the molecule is CC(C)(C)CC(C)(C)NC(=O)c1ccc(CN)o1. The molecule has 0 radical (unpaired) electrons. The number of amides is 1. The molecule has 1 amide bonds. The summed E-state index contributed by atoms with van der Waals surface area (Å²) in [4.78, 5) is 12.0. The minimum Gasteiger partial charge on any atom is -0.455 e. The van der Waals surface area contributed by atoms with Crippen molar-refractivity contribution >= 4 is 5.91 Å². The minimum absolute atomic E-state index is 0.155. The van der Waals surface area contributed by atoms with E-state index in [2.05, 4.69) is 26.1 Å². The van der Waals surface area contributed by atoms with Gasteiger partial charge in [0.1, 0.15) is 5.76 Å². The average Bonchev–Trinajstić information content (AvgIpc) is 2.60. The van der Waals surface area contributed by atoms with E-state index in [-0.39, 0.29) is 16.9 Å². The number of carbonyl (C=O) groups excluding carboxylic acids is 1. The molecule has 3 N–H and O–H groups in total. The van der Waals surface area contributed by atoms with Crippen molar-refractivity contribution in [2.75, 3.05) is 0 Å². The topological polar surface area (TPSA) is 68.3 Å². The van der Waals surface area contributed by atoms with Gasteiger partial charge < -0.3 is 15.5 Å². The van der Waals surface area contributed by atoms with Crippen LogP contribution in [0.3, 0.4) is 0 Å². The van der Waals surface area contributed by atoms with E-state index < -0.39 is 0 Å². The zero-order valence-corrected chi connectivity index (χ0v) is 12.0. The lowest BCUT2D eigenvalue weighted by Gasteiger charge is -2.33. The summed E-state index contributed by atoms with van der Waals surface area (Å²) in [5.74, 6) is 0.746. The Morgan fingerprint density at radius 2 is 1.89 bits per heavy atom. The Labute approximate surface area is 109 Å². The maximum absolute atomic E-state index is 12.0. The van der Waals surface area contributed by atoms with Crippen LogP contribution < -0.4 is 11.1 Å². The molecule has 0 bridgehead atoms. The summed E-state index contributed by atoms with van der Waals surface area (Å²) in [5.41, 5.74) is 5.33. The van der Waals surface area contributed by atoms with Crippen LogP contribution in [0.5, 0.6) is 0 Å². The standard InChI is InChI=1S/C14H24N2O2/c1-13(2,3)9-14(4,5)16-12(17)11-7-6-10(8-15)18-11/h6-7H,8-9,15H2,1-5H3,(H,16,17). The van der Waals surface area contributed by atoms with E-state index in [4.69, 9.17) is 10.2 Å². The predicted molar refractivity (Wildman–Crippen MR) is 72.2 cm³/mol. The minimum atomic E-state index is -0.273. The van der Waals surface area contributed by atoms with E-state index in [0.717, 1.165) is 6.42 Å². The smallest absolute Gasteiger partial charge is 0.287 e. The van der Waals surface area contributed by atoms with Gasteiger partial charge in [-0.3, -0.25) is 4.79 Å². The summed E-state index contributed by atoms with van der Waals surface area (Å²) < 4.78 is 5.33. The van der Waals surface area contributed by atoms with Crippen LogP contribution >= 0.6 is 0 Å². The van der Waals surface area contributed by atoms with Gasteiger partial charge in [-0.2, -0.15) is 0 Å². The Kier molecular flexibility index (Phi) is 4.22. The van der Waals surface area contributed by atoms with E-state index in [0.29, 0.717) is 18.1 Å². The van der Waals surface area contributed by atoms with Crippen molar-refractivity contribution in [3.8, 4) is 0 Å². The number of hydrogen-bond donors (Lipinski definition) is 2. The van der Waals surface area contributed by atoms with Crippen molar-refractivity contribution in [1.29, 1.82) is 0 Å². The van der Waals surface area contributed by atoms with Crippen LogP contribution in [0.1, 0.15) is 57.4 Å². The van der Waals surface area contributed by atoms with Gasteiger partial charge >= 0.3 is 0 Å². The maximum atomic E-state index is 12.0. The number of carbonyl (C=O) groups is 1. The Morgan fingerprint density at radius 3 is 2.33 bits per heavy atom. The first kappa shape index (κ1) is 14.8. The fraction of sp³-hybridized carbons (Fsp3) is 0.643. The van der Waals surface area contributed by atoms with Crippen molar-refractivity contribution in [3.05, 3.63) is 23.7 Å². The highest BCUT2D eigenvalue weighted by atomic mass is 16.4. The molecule has 1 heterocycles. The summed E-state index contributed by atoms with van der Waals surface area (Å²) in [5, 5.41) is 2.99. The molecule has 102 valence electrons. The van der Waals surface area contributed by atoms with Gasteiger partial charge in [0.2, 0.25) is 0 Å². The largest absolute Gasteiger partial charge is 0.455 e. The summed E-state index contributed by atoms with van der Waals surface area (Å²) in [6, 6.07) is 3.39. The number of rotatable bonds is 4. The van der Waals surface area contributed by atoms with Crippen LogP contribution in [0.2, 0.25) is 0 Å². The first-order chi connectivity index (χ1) is 8.13. The summed E-state index contributed by atoms with van der Waals surface area (Å²) in [6.07, 6.45) is 0.885. The van der Waals surface area contributed by atoms with Crippen LogP contribution in [0.25, 0.3) is 0 Å². The number of furan rings is 1.